The van der Waals surface area contributed by atoms with Gasteiger partial charge in [-0.25, -0.2) is 4.79 Å². The Morgan fingerprint density at radius 1 is 1.35 bits per heavy atom. The minimum absolute atomic E-state index is 0.120. The summed E-state index contributed by atoms with van der Waals surface area (Å²) in [6.45, 7) is 5.33. The van der Waals surface area contributed by atoms with Crippen LogP contribution in [-0.4, -0.2) is 50.2 Å². The number of anilines is 1. The van der Waals surface area contributed by atoms with Gasteiger partial charge in [0.15, 0.2) is 5.65 Å². The monoisotopic (exact) mass is 372 g/mol. The van der Waals surface area contributed by atoms with Gasteiger partial charge in [-0.2, -0.15) is 10.1 Å². The number of benzene rings is 1. The highest BCUT2D eigenvalue weighted by molar-refractivity contribution is 7.98. The molecule has 0 fully saturated rings. The minimum Gasteiger partial charge on any atom is -0.478 e. The van der Waals surface area contributed by atoms with Gasteiger partial charge in [-0.05, 0) is 32.2 Å². The van der Waals surface area contributed by atoms with Crippen molar-refractivity contribution in [3.05, 3.63) is 35.3 Å². The van der Waals surface area contributed by atoms with E-state index >= 15 is 0 Å². The molecule has 0 aliphatic rings. The summed E-state index contributed by atoms with van der Waals surface area (Å²) < 4.78 is 1.59. The number of carbonyl (C=O) groups is 1. The zero-order chi connectivity index (χ0) is 18.8. The molecule has 26 heavy (non-hydrogen) atoms. The van der Waals surface area contributed by atoms with Crippen molar-refractivity contribution in [2.24, 2.45) is 0 Å². The van der Waals surface area contributed by atoms with Crippen LogP contribution in [0.4, 0.5) is 5.95 Å². The molecule has 0 spiro atoms. The summed E-state index contributed by atoms with van der Waals surface area (Å²) in [5.41, 5.74) is 1.21. The van der Waals surface area contributed by atoms with Gasteiger partial charge in [-0.15, -0.1) is 11.8 Å². The maximum atomic E-state index is 11.7. The van der Waals surface area contributed by atoms with Gasteiger partial charge >= 0.3 is 5.97 Å². The second kappa shape index (κ2) is 7.20. The molecule has 0 amide bonds. The van der Waals surface area contributed by atoms with Gasteiger partial charge in [0.25, 0.3) is 0 Å². The number of carboxylic acid groups (broad SMARTS) is 1. The van der Waals surface area contributed by atoms with E-state index < -0.39 is 5.97 Å². The lowest BCUT2D eigenvalue weighted by Gasteiger charge is -2.25. The number of hydrogen-bond acceptors (Lipinski definition) is 6. The number of thioether (sulfide) groups is 1. The zero-order valence-electron chi connectivity index (χ0n) is 14.8. The summed E-state index contributed by atoms with van der Waals surface area (Å²) in [6, 6.07) is 6.66. The van der Waals surface area contributed by atoms with E-state index in [-0.39, 0.29) is 11.1 Å². The highest BCUT2D eigenvalue weighted by Crippen LogP contribution is 2.25. The van der Waals surface area contributed by atoms with Crippen LogP contribution in [0.1, 0.15) is 24.2 Å². The van der Waals surface area contributed by atoms with Gasteiger partial charge in [0.1, 0.15) is 10.5 Å². The number of para-hydroxylation sites is 1. The van der Waals surface area contributed by atoms with Crippen LogP contribution in [-0.2, 0) is 0 Å². The molecule has 0 aliphatic carbocycles. The van der Waals surface area contributed by atoms with Crippen molar-refractivity contribution in [2.75, 3.05) is 24.2 Å². The van der Waals surface area contributed by atoms with Crippen molar-refractivity contribution >= 4 is 34.7 Å². The maximum absolute atomic E-state index is 11.7. The molecule has 0 radical (unpaired) electrons. The van der Waals surface area contributed by atoms with E-state index in [0.29, 0.717) is 40.8 Å². The first-order valence-corrected chi connectivity index (χ1v) is 9.43. The molecule has 0 saturated carbocycles. The lowest BCUT2D eigenvalue weighted by atomic mass is 10.1. The molecule has 0 aliphatic heterocycles. The number of hydrogen-bond donors (Lipinski definition) is 3. The first-order chi connectivity index (χ1) is 12.5. The summed E-state index contributed by atoms with van der Waals surface area (Å²) in [5, 5.41) is 26.7. The van der Waals surface area contributed by atoms with Gasteiger partial charge in [0, 0.05) is 13.1 Å². The number of aromatic carboxylic acids is 1. The van der Waals surface area contributed by atoms with Crippen LogP contribution < -0.4 is 10.4 Å². The molecule has 136 valence electrons. The number of rotatable bonds is 6. The van der Waals surface area contributed by atoms with E-state index in [9.17, 15) is 9.90 Å². The maximum Gasteiger partial charge on any atom is 0.337 e. The molecule has 3 rings (SSSR count). The first kappa shape index (κ1) is 18.0. The fourth-order valence-corrected chi connectivity index (χ4v) is 3.45. The second-order valence-corrected chi connectivity index (χ2v) is 6.34. The van der Waals surface area contributed by atoms with E-state index in [1.54, 1.807) is 22.8 Å². The third kappa shape index (κ3) is 2.84. The molecule has 0 atom stereocenters. The molecule has 0 saturated heterocycles. The van der Waals surface area contributed by atoms with Gasteiger partial charge in [-0.3, -0.25) is 15.1 Å². The van der Waals surface area contributed by atoms with Crippen molar-refractivity contribution < 1.29 is 9.90 Å². The lowest BCUT2D eigenvalue weighted by molar-refractivity contribution is 0.0697. The number of aromatic amines is 1. The Hall–Kier alpha value is -2.81. The molecule has 8 nitrogen and oxygen atoms in total. The standard InChI is InChI=1S/C17H20N6O2S/c1-4-22(5-2)17-19-14-12(15(26-3)21-20-14)13(18)23(17)11-9-7-6-8-10(11)16(24)25/h6-9,18H,4-5H2,1-3H3,(H,20,21)(H,24,25). The van der Waals surface area contributed by atoms with Crippen LogP contribution >= 0.6 is 11.8 Å². The van der Waals surface area contributed by atoms with E-state index in [1.807, 2.05) is 25.0 Å². The van der Waals surface area contributed by atoms with Crippen LogP contribution in [0.3, 0.4) is 0 Å². The molecule has 2 aromatic heterocycles. The van der Waals surface area contributed by atoms with Gasteiger partial charge in [0.2, 0.25) is 5.95 Å². The Balaban J connectivity index is 2.46. The Labute approximate surface area is 154 Å². The third-order valence-electron chi connectivity index (χ3n) is 4.20. The van der Waals surface area contributed by atoms with Crippen LogP contribution in [0.2, 0.25) is 0 Å². The number of H-pyrrole nitrogens is 1. The Morgan fingerprint density at radius 3 is 2.65 bits per heavy atom. The average Bonchev–Trinajstić information content (AvgIpc) is 3.06. The summed E-state index contributed by atoms with van der Waals surface area (Å²) in [6.07, 6.45) is 1.88. The number of nitrogens with one attached hydrogen (secondary N) is 2. The highest BCUT2D eigenvalue weighted by atomic mass is 32.2. The number of fused-ring (bicyclic) bond motifs is 1. The SMILES string of the molecule is CCN(CC)c1nc2[nH]nc(SC)c2c(=N)n1-c1ccccc1C(=O)O. The van der Waals surface area contributed by atoms with Crippen molar-refractivity contribution in [1.82, 2.24) is 19.7 Å². The zero-order valence-corrected chi connectivity index (χ0v) is 15.6. The van der Waals surface area contributed by atoms with Crippen molar-refractivity contribution in [3.8, 4) is 5.69 Å². The predicted molar refractivity (Wildman–Crippen MR) is 101 cm³/mol. The first-order valence-electron chi connectivity index (χ1n) is 8.20. The molecule has 0 unspecified atom stereocenters. The van der Waals surface area contributed by atoms with Crippen molar-refractivity contribution in [2.45, 2.75) is 18.9 Å². The van der Waals surface area contributed by atoms with Crippen LogP contribution in [0, 0.1) is 5.41 Å². The molecule has 3 N–H and O–H groups in total. The molecule has 1 aromatic carbocycles. The van der Waals surface area contributed by atoms with Crippen molar-refractivity contribution in [3.63, 3.8) is 0 Å². The van der Waals surface area contributed by atoms with E-state index in [2.05, 4.69) is 15.2 Å². The Kier molecular flexibility index (Phi) is 4.99. The van der Waals surface area contributed by atoms with Gasteiger partial charge < -0.3 is 10.0 Å². The Bertz CT molecular complexity index is 1020. The summed E-state index contributed by atoms with van der Waals surface area (Å²) in [4.78, 5) is 18.4. The minimum atomic E-state index is -1.05. The van der Waals surface area contributed by atoms with Gasteiger partial charge in [0.05, 0.1) is 16.6 Å². The van der Waals surface area contributed by atoms with Crippen LogP contribution in [0.5, 0.6) is 0 Å². The molecule has 3 aromatic rings. The number of nitrogens with zero attached hydrogens (tertiary/aromatic N) is 4. The second-order valence-electron chi connectivity index (χ2n) is 5.55. The fraction of sp³-hybridized carbons (Fsp3) is 0.294. The molecular weight excluding hydrogens is 352 g/mol. The number of aromatic nitrogens is 4. The van der Waals surface area contributed by atoms with E-state index in [1.165, 1.54) is 17.8 Å². The van der Waals surface area contributed by atoms with Crippen LogP contribution in [0.15, 0.2) is 29.3 Å². The summed E-state index contributed by atoms with van der Waals surface area (Å²) in [7, 11) is 0. The van der Waals surface area contributed by atoms with E-state index in [0.717, 1.165) is 0 Å². The largest absolute Gasteiger partial charge is 0.478 e. The molecule has 0 bridgehead atoms. The topological polar surface area (TPSA) is 111 Å². The molecular formula is C17H20N6O2S. The summed E-state index contributed by atoms with van der Waals surface area (Å²) in [5.74, 6) is -0.534. The van der Waals surface area contributed by atoms with Crippen molar-refractivity contribution in [1.29, 1.82) is 5.41 Å². The fourth-order valence-electron chi connectivity index (χ4n) is 2.92. The predicted octanol–water partition coefficient (Wildman–Crippen LogP) is 2.49. The van der Waals surface area contributed by atoms with Gasteiger partial charge in [-0.1, -0.05) is 12.1 Å². The van der Waals surface area contributed by atoms with Crippen LogP contribution in [0.25, 0.3) is 16.7 Å². The lowest BCUT2D eigenvalue weighted by Crippen LogP contribution is -2.33. The Morgan fingerprint density at radius 2 is 2.04 bits per heavy atom. The molecule has 2 heterocycles. The quantitative estimate of drug-likeness (QED) is 0.573. The third-order valence-corrected chi connectivity index (χ3v) is 4.88. The number of carboxylic acids is 1. The highest BCUT2D eigenvalue weighted by Gasteiger charge is 2.21. The smallest absolute Gasteiger partial charge is 0.337 e. The van der Waals surface area contributed by atoms with E-state index in [4.69, 9.17) is 5.41 Å². The average molecular weight is 372 g/mol. The molecule has 9 heteroatoms. The summed E-state index contributed by atoms with van der Waals surface area (Å²) >= 11 is 1.41. The normalized spacial score (nSPS) is 11.0.